The third-order valence-electron chi connectivity index (χ3n) is 2.55. The maximum atomic E-state index is 11.8. The van der Waals surface area contributed by atoms with Gasteiger partial charge in [0.05, 0.1) is 17.1 Å². The minimum atomic E-state index is -0.468. The van der Waals surface area contributed by atoms with Gasteiger partial charge in [-0.15, -0.1) is 0 Å². The van der Waals surface area contributed by atoms with Crippen molar-refractivity contribution in [3.8, 4) is 0 Å². The molecule has 1 heterocycles. The molecule has 19 heavy (non-hydrogen) atoms. The van der Waals surface area contributed by atoms with Crippen molar-refractivity contribution < 1.29 is 14.3 Å². The highest BCUT2D eigenvalue weighted by Crippen LogP contribution is 2.23. The molecule has 0 unspecified atom stereocenters. The van der Waals surface area contributed by atoms with Gasteiger partial charge in [0.2, 0.25) is 0 Å². The van der Waals surface area contributed by atoms with Crippen LogP contribution in [0.3, 0.4) is 0 Å². The number of aromatic amines is 1. The van der Waals surface area contributed by atoms with E-state index in [9.17, 15) is 9.59 Å². The number of H-pyrrole nitrogens is 1. The first-order valence-electron chi connectivity index (χ1n) is 5.83. The second-order valence-electron chi connectivity index (χ2n) is 3.87. The smallest absolute Gasteiger partial charge is 0.325 e. The van der Waals surface area contributed by atoms with Crippen molar-refractivity contribution in [2.24, 2.45) is 0 Å². The summed E-state index contributed by atoms with van der Waals surface area (Å²) in [6.07, 6.45) is 0. The number of nitrogens with one attached hydrogen (secondary N) is 2. The summed E-state index contributed by atoms with van der Waals surface area (Å²) in [6.45, 7) is 1.84. The molecule has 0 bridgehead atoms. The average molecular weight is 281 g/mol. The molecule has 0 saturated carbocycles. The largest absolute Gasteiger partial charge is 0.465 e. The summed E-state index contributed by atoms with van der Waals surface area (Å²) >= 11 is 6.01. The molecule has 2 aromatic rings. The molecule has 6 heteroatoms. The Balaban J connectivity index is 2.09. The van der Waals surface area contributed by atoms with Crippen molar-refractivity contribution in [1.29, 1.82) is 0 Å². The fourth-order valence-electron chi connectivity index (χ4n) is 1.70. The van der Waals surface area contributed by atoms with E-state index >= 15 is 0 Å². The Bertz CT molecular complexity index is 621. The number of esters is 1. The maximum absolute atomic E-state index is 11.8. The van der Waals surface area contributed by atoms with Crippen molar-refractivity contribution in [2.45, 2.75) is 6.92 Å². The number of hydrogen-bond acceptors (Lipinski definition) is 3. The molecule has 0 atom stereocenters. The lowest BCUT2D eigenvalue weighted by atomic mass is 10.2. The van der Waals surface area contributed by atoms with Crippen LogP contribution in [0.1, 0.15) is 17.4 Å². The highest BCUT2D eigenvalue weighted by Gasteiger charge is 2.12. The van der Waals surface area contributed by atoms with Crippen molar-refractivity contribution in [3.05, 3.63) is 35.0 Å². The number of amides is 1. The number of carbonyl (C=O) groups excluding carboxylic acids is 2. The molecular weight excluding hydrogens is 268 g/mol. The van der Waals surface area contributed by atoms with Crippen LogP contribution < -0.4 is 5.32 Å². The van der Waals surface area contributed by atoms with Crippen LogP contribution in [-0.2, 0) is 9.53 Å². The van der Waals surface area contributed by atoms with Gasteiger partial charge in [0, 0.05) is 5.39 Å². The number of rotatable bonds is 4. The summed E-state index contributed by atoms with van der Waals surface area (Å²) in [5.41, 5.74) is 1.05. The normalized spacial score (nSPS) is 10.4. The van der Waals surface area contributed by atoms with E-state index in [1.54, 1.807) is 25.1 Å². The monoisotopic (exact) mass is 280 g/mol. The van der Waals surface area contributed by atoms with Gasteiger partial charge >= 0.3 is 5.97 Å². The first-order valence-corrected chi connectivity index (χ1v) is 6.20. The SMILES string of the molecule is CCOC(=O)CNC(=O)c1cc2cccc(Cl)c2[nH]1. The van der Waals surface area contributed by atoms with E-state index in [-0.39, 0.29) is 19.1 Å². The molecule has 2 N–H and O–H groups in total. The summed E-state index contributed by atoms with van der Waals surface area (Å²) < 4.78 is 4.72. The Morgan fingerprint density at radius 3 is 2.89 bits per heavy atom. The quantitative estimate of drug-likeness (QED) is 0.843. The molecule has 0 saturated heterocycles. The van der Waals surface area contributed by atoms with E-state index in [1.165, 1.54) is 0 Å². The van der Waals surface area contributed by atoms with Crippen molar-refractivity contribution in [3.63, 3.8) is 0 Å². The molecule has 0 aliphatic carbocycles. The van der Waals surface area contributed by atoms with Crippen LogP contribution in [0.4, 0.5) is 0 Å². The fourth-order valence-corrected chi connectivity index (χ4v) is 1.93. The molecule has 100 valence electrons. The molecule has 5 nitrogen and oxygen atoms in total. The number of fused-ring (bicyclic) bond motifs is 1. The van der Waals surface area contributed by atoms with Crippen LogP contribution in [0.2, 0.25) is 5.02 Å². The second-order valence-corrected chi connectivity index (χ2v) is 4.28. The van der Waals surface area contributed by atoms with Gasteiger partial charge in [0.25, 0.3) is 5.91 Å². The molecule has 2 rings (SSSR count). The summed E-state index contributed by atoms with van der Waals surface area (Å²) in [4.78, 5) is 25.9. The Kier molecular flexibility index (Phi) is 4.06. The molecule has 0 aliphatic rings. The second kappa shape index (κ2) is 5.75. The third kappa shape index (κ3) is 3.06. The number of halogens is 1. The van der Waals surface area contributed by atoms with Crippen LogP contribution in [0.15, 0.2) is 24.3 Å². The molecule has 0 aliphatic heterocycles. The number of carbonyl (C=O) groups is 2. The van der Waals surface area contributed by atoms with E-state index in [4.69, 9.17) is 16.3 Å². The van der Waals surface area contributed by atoms with Crippen LogP contribution in [0.5, 0.6) is 0 Å². The van der Waals surface area contributed by atoms with Crippen LogP contribution >= 0.6 is 11.6 Å². The number of aromatic nitrogens is 1. The first kappa shape index (κ1) is 13.4. The van der Waals surface area contributed by atoms with E-state index in [0.29, 0.717) is 16.2 Å². The summed E-state index contributed by atoms with van der Waals surface area (Å²) in [5, 5.41) is 3.86. The highest BCUT2D eigenvalue weighted by molar-refractivity contribution is 6.35. The van der Waals surface area contributed by atoms with Gasteiger partial charge in [-0.05, 0) is 19.1 Å². The molecular formula is C13H13ClN2O3. The topological polar surface area (TPSA) is 71.2 Å². The lowest BCUT2D eigenvalue weighted by Crippen LogP contribution is -2.30. The molecule has 1 amide bonds. The zero-order valence-corrected chi connectivity index (χ0v) is 11.1. The van der Waals surface area contributed by atoms with Gasteiger partial charge in [-0.2, -0.15) is 0 Å². The fraction of sp³-hybridized carbons (Fsp3) is 0.231. The van der Waals surface area contributed by atoms with Gasteiger partial charge < -0.3 is 15.0 Å². The molecule has 1 aromatic heterocycles. The summed E-state index contributed by atoms with van der Waals surface area (Å²) in [6, 6.07) is 7.07. The summed E-state index contributed by atoms with van der Waals surface area (Å²) in [5.74, 6) is -0.842. The van der Waals surface area contributed by atoms with E-state index < -0.39 is 5.97 Å². The molecule has 0 radical (unpaired) electrons. The zero-order valence-electron chi connectivity index (χ0n) is 10.3. The van der Waals surface area contributed by atoms with Gasteiger partial charge in [-0.1, -0.05) is 23.7 Å². The Hall–Kier alpha value is -2.01. The Labute approximate surface area is 114 Å². The minimum Gasteiger partial charge on any atom is -0.465 e. The van der Waals surface area contributed by atoms with Crippen molar-refractivity contribution >= 4 is 34.4 Å². The number of hydrogen-bond donors (Lipinski definition) is 2. The van der Waals surface area contributed by atoms with Gasteiger partial charge in [-0.3, -0.25) is 9.59 Å². The van der Waals surface area contributed by atoms with Crippen LogP contribution in [0.25, 0.3) is 10.9 Å². The molecule has 0 fully saturated rings. The summed E-state index contributed by atoms with van der Waals surface area (Å²) in [7, 11) is 0. The highest BCUT2D eigenvalue weighted by atomic mass is 35.5. The zero-order chi connectivity index (χ0) is 13.8. The van der Waals surface area contributed by atoms with Crippen LogP contribution in [-0.4, -0.2) is 30.0 Å². The van der Waals surface area contributed by atoms with Gasteiger partial charge in [-0.25, -0.2) is 0 Å². The predicted octanol–water partition coefficient (Wildman–Crippen LogP) is 2.11. The standard InChI is InChI=1S/C13H13ClN2O3/c1-2-19-11(17)7-15-13(18)10-6-8-4-3-5-9(14)12(8)16-10/h3-6,16H,2,7H2,1H3,(H,15,18). The lowest BCUT2D eigenvalue weighted by molar-refractivity contribution is -0.141. The third-order valence-corrected chi connectivity index (χ3v) is 2.86. The van der Waals surface area contributed by atoms with E-state index in [1.807, 2.05) is 6.07 Å². The van der Waals surface area contributed by atoms with Crippen molar-refractivity contribution in [2.75, 3.05) is 13.2 Å². The van der Waals surface area contributed by atoms with Gasteiger partial charge in [0.1, 0.15) is 12.2 Å². The minimum absolute atomic E-state index is 0.157. The molecule has 1 aromatic carbocycles. The first-order chi connectivity index (χ1) is 9.11. The Morgan fingerprint density at radius 1 is 1.42 bits per heavy atom. The predicted molar refractivity (Wildman–Crippen MR) is 72.3 cm³/mol. The number of para-hydroxylation sites is 1. The molecule has 0 spiro atoms. The number of benzene rings is 1. The maximum Gasteiger partial charge on any atom is 0.325 e. The average Bonchev–Trinajstić information content (AvgIpc) is 2.82. The lowest BCUT2D eigenvalue weighted by Gasteiger charge is -2.03. The van der Waals surface area contributed by atoms with E-state index in [0.717, 1.165) is 5.39 Å². The number of ether oxygens (including phenoxy) is 1. The van der Waals surface area contributed by atoms with Gasteiger partial charge in [0.15, 0.2) is 0 Å². The van der Waals surface area contributed by atoms with Crippen LogP contribution in [0, 0.1) is 0 Å². The Morgan fingerprint density at radius 2 is 2.21 bits per heavy atom. The van der Waals surface area contributed by atoms with E-state index in [2.05, 4.69) is 10.3 Å². The van der Waals surface area contributed by atoms with Crippen molar-refractivity contribution in [1.82, 2.24) is 10.3 Å².